The van der Waals surface area contributed by atoms with Gasteiger partial charge in [0.1, 0.15) is 0 Å². The summed E-state index contributed by atoms with van der Waals surface area (Å²) in [5, 5.41) is 7.13. The molecular formula is C56H36N2. The summed E-state index contributed by atoms with van der Waals surface area (Å²) in [6, 6.07) is 78.1. The van der Waals surface area contributed by atoms with Crippen LogP contribution in [0.15, 0.2) is 218 Å². The molecule has 2 heteroatoms. The first kappa shape index (κ1) is 33.6. The Balaban J connectivity index is 1.18. The molecule has 0 aliphatic heterocycles. The number of hydrogen-bond acceptors (Lipinski definition) is 2. The summed E-state index contributed by atoms with van der Waals surface area (Å²) < 4.78 is 0. The van der Waals surface area contributed by atoms with E-state index in [9.17, 15) is 0 Å². The van der Waals surface area contributed by atoms with Crippen molar-refractivity contribution in [2.75, 3.05) is 0 Å². The van der Waals surface area contributed by atoms with E-state index in [0.717, 1.165) is 66.6 Å². The molecular weight excluding hydrogens is 701 g/mol. The maximum absolute atomic E-state index is 5.43. The van der Waals surface area contributed by atoms with Crippen molar-refractivity contribution in [2.45, 2.75) is 0 Å². The molecule has 0 saturated heterocycles. The SMILES string of the molecule is c1ccc(-c2ccc3c(-c4ccccc4)c(-c4ccc(-c5c6ccccc6c(-c6ccccc6)c6ccccc56)cc4)c4ccc(-c5ccccc5)nc4c3n2)cc1. The molecule has 2 nitrogen and oxygen atoms in total. The highest BCUT2D eigenvalue weighted by molar-refractivity contribution is 6.22. The Morgan fingerprint density at radius 1 is 0.190 bits per heavy atom. The van der Waals surface area contributed by atoms with Crippen LogP contribution in [0.2, 0.25) is 0 Å². The average molecular weight is 737 g/mol. The summed E-state index contributed by atoms with van der Waals surface area (Å²) in [5.41, 5.74) is 15.3. The van der Waals surface area contributed by atoms with E-state index >= 15 is 0 Å². The van der Waals surface area contributed by atoms with Crippen LogP contribution in [0.3, 0.4) is 0 Å². The fourth-order valence-electron chi connectivity index (χ4n) is 8.85. The minimum Gasteiger partial charge on any atom is -0.245 e. The standard InChI is InChI=1S/C56H36N2/c1-5-17-37(18-6-1)49-35-33-47-53(40-23-11-4-12-24-40)54(48-34-36-50(38-19-7-2-8-20-38)58-56(48)55(47)57-49)42-31-29-41(30-32-42)52-45-27-15-13-25-43(45)51(39-21-9-3-10-22-39)44-26-14-16-28-46(44)52/h1-36H. The minimum absolute atomic E-state index is 0.890. The molecule has 0 aliphatic rings. The van der Waals surface area contributed by atoms with Crippen LogP contribution >= 0.6 is 0 Å². The van der Waals surface area contributed by atoms with Gasteiger partial charge < -0.3 is 0 Å². The van der Waals surface area contributed by atoms with Gasteiger partial charge in [0, 0.05) is 21.9 Å². The molecule has 58 heavy (non-hydrogen) atoms. The summed E-state index contributed by atoms with van der Waals surface area (Å²) in [6.07, 6.45) is 0. The van der Waals surface area contributed by atoms with Gasteiger partial charge in [-0.1, -0.05) is 194 Å². The zero-order valence-electron chi connectivity index (χ0n) is 31.7. The van der Waals surface area contributed by atoms with E-state index in [2.05, 4.69) is 206 Å². The van der Waals surface area contributed by atoms with Crippen LogP contribution in [-0.2, 0) is 0 Å². The summed E-state index contributed by atoms with van der Waals surface area (Å²) in [7, 11) is 0. The number of nitrogens with zero attached hydrogens (tertiary/aromatic N) is 2. The van der Waals surface area contributed by atoms with Crippen LogP contribution in [0.5, 0.6) is 0 Å². The van der Waals surface area contributed by atoms with Crippen molar-refractivity contribution >= 4 is 43.4 Å². The van der Waals surface area contributed by atoms with Gasteiger partial charge in [-0.05, 0) is 90.3 Å². The Morgan fingerprint density at radius 3 is 0.828 bits per heavy atom. The van der Waals surface area contributed by atoms with E-state index in [1.807, 2.05) is 12.1 Å². The lowest BCUT2D eigenvalue weighted by molar-refractivity contribution is 1.36. The highest BCUT2D eigenvalue weighted by Crippen LogP contribution is 2.47. The molecule has 0 aliphatic carbocycles. The zero-order valence-corrected chi connectivity index (χ0v) is 31.7. The van der Waals surface area contributed by atoms with Crippen molar-refractivity contribution in [3.05, 3.63) is 218 Å². The Morgan fingerprint density at radius 2 is 0.466 bits per heavy atom. The largest absolute Gasteiger partial charge is 0.245 e. The van der Waals surface area contributed by atoms with Gasteiger partial charge in [0.25, 0.3) is 0 Å². The lowest BCUT2D eigenvalue weighted by Crippen LogP contribution is -1.97. The smallest absolute Gasteiger partial charge is 0.0979 e. The van der Waals surface area contributed by atoms with Crippen molar-refractivity contribution in [1.82, 2.24) is 9.97 Å². The number of pyridine rings is 2. The molecule has 2 heterocycles. The summed E-state index contributed by atoms with van der Waals surface area (Å²) in [5.74, 6) is 0. The topological polar surface area (TPSA) is 25.8 Å². The molecule has 0 amide bonds. The van der Waals surface area contributed by atoms with Gasteiger partial charge in [0.05, 0.1) is 22.4 Å². The molecule has 0 saturated carbocycles. The van der Waals surface area contributed by atoms with E-state index in [-0.39, 0.29) is 0 Å². The molecule has 0 radical (unpaired) electrons. The first-order valence-electron chi connectivity index (χ1n) is 19.8. The van der Waals surface area contributed by atoms with E-state index in [1.165, 1.54) is 43.8 Å². The predicted octanol–water partition coefficient (Wildman–Crippen LogP) is 15.1. The lowest BCUT2D eigenvalue weighted by Gasteiger charge is -2.20. The number of fused-ring (bicyclic) bond motifs is 5. The van der Waals surface area contributed by atoms with Crippen molar-refractivity contribution < 1.29 is 0 Å². The Labute approximate surface area is 337 Å². The van der Waals surface area contributed by atoms with Crippen molar-refractivity contribution in [3.63, 3.8) is 0 Å². The van der Waals surface area contributed by atoms with Gasteiger partial charge in [-0.15, -0.1) is 0 Å². The molecule has 0 fully saturated rings. The second-order valence-corrected chi connectivity index (χ2v) is 14.8. The van der Waals surface area contributed by atoms with E-state index in [4.69, 9.17) is 9.97 Å². The molecule has 11 rings (SSSR count). The molecule has 9 aromatic carbocycles. The Kier molecular flexibility index (Phi) is 8.19. The maximum atomic E-state index is 5.43. The second kappa shape index (κ2) is 14.1. The molecule has 11 aromatic rings. The number of hydrogen-bond donors (Lipinski definition) is 0. The quantitative estimate of drug-likeness (QED) is 0.125. The minimum atomic E-state index is 0.890. The third kappa shape index (κ3) is 5.66. The number of rotatable bonds is 6. The van der Waals surface area contributed by atoms with Crippen molar-refractivity contribution in [1.29, 1.82) is 0 Å². The van der Waals surface area contributed by atoms with Crippen LogP contribution in [-0.4, -0.2) is 9.97 Å². The molecule has 0 spiro atoms. The van der Waals surface area contributed by atoms with E-state index in [0.29, 0.717) is 0 Å². The molecule has 270 valence electrons. The first-order valence-corrected chi connectivity index (χ1v) is 19.8. The highest BCUT2D eigenvalue weighted by Gasteiger charge is 2.22. The lowest BCUT2D eigenvalue weighted by atomic mass is 9.84. The van der Waals surface area contributed by atoms with Gasteiger partial charge in [-0.25, -0.2) is 9.97 Å². The van der Waals surface area contributed by atoms with Crippen LogP contribution < -0.4 is 0 Å². The van der Waals surface area contributed by atoms with Gasteiger partial charge >= 0.3 is 0 Å². The molecule has 0 N–H and O–H groups in total. The fraction of sp³-hybridized carbons (Fsp3) is 0. The second-order valence-electron chi connectivity index (χ2n) is 14.8. The molecule has 2 aromatic heterocycles. The predicted molar refractivity (Wildman–Crippen MR) is 245 cm³/mol. The van der Waals surface area contributed by atoms with Gasteiger partial charge in [0.15, 0.2) is 0 Å². The third-order valence-electron chi connectivity index (χ3n) is 11.5. The van der Waals surface area contributed by atoms with Crippen molar-refractivity contribution in [3.8, 4) is 67.0 Å². The average Bonchev–Trinajstić information content (AvgIpc) is 3.31. The van der Waals surface area contributed by atoms with Gasteiger partial charge in [-0.2, -0.15) is 0 Å². The molecule has 0 unspecified atom stereocenters. The highest BCUT2D eigenvalue weighted by atomic mass is 14.8. The van der Waals surface area contributed by atoms with Crippen LogP contribution in [0.25, 0.3) is 110 Å². The normalized spacial score (nSPS) is 11.4. The van der Waals surface area contributed by atoms with Crippen molar-refractivity contribution in [2.24, 2.45) is 0 Å². The summed E-state index contributed by atoms with van der Waals surface area (Å²) in [6.45, 7) is 0. The first-order chi connectivity index (χ1) is 28.8. The third-order valence-corrected chi connectivity index (χ3v) is 11.5. The van der Waals surface area contributed by atoms with E-state index in [1.54, 1.807) is 0 Å². The maximum Gasteiger partial charge on any atom is 0.0979 e. The van der Waals surface area contributed by atoms with Crippen LogP contribution in [0.4, 0.5) is 0 Å². The molecule has 0 bridgehead atoms. The Bertz CT molecular complexity index is 3230. The van der Waals surface area contributed by atoms with Gasteiger partial charge in [-0.3, -0.25) is 0 Å². The molecule has 0 atom stereocenters. The summed E-state index contributed by atoms with van der Waals surface area (Å²) >= 11 is 0. The monoisotopic (exact) mass is 736 g/mol. The van der Waals surface area contributed by atoms with Crippen LogP contribution in [0.1, 0.15) is 0 Å². The van der Waals surface area contributed by atoms with Crippen LogP contribution in [0, 0.1) is 0 Å². The number of aromatic nitrogens is 2. The van der Waals surface area contributed by atoms with Gasteiger partial charge in [0.2, 0.25) is 0 Å². The number of benzene rings is 9. The van der Waals surface area contributed by atoms with E-state index < -0.39 is 0 Å². The summed E-state index contributed by atoms with van der Waals surface area (Å²) in [4.78, 5) is 10.8. The Hall–Kier alpha value is -7.68. The fourth-order valence-corrected chi connectivity index (χ4v) is 8.85. The zero-order chi connectivity index (χ0) is 38.4.